The summed E-state index contributed by atoms with van der Waals surface area (Å²) in [4.78, 5) is 25.5. The molecule has 0 spiro atoms. The fourth-order valence-corrected chi connectivity index (χ4v) is 3.36. The highest BCUT2D eigenvalue weighted by molar-refractivity contribution is 5.79. The number of amides is 1. The van der Waals surface area contributed by atoms with Gasteiger partial charge in [0.15, 0.2) is 0 Å². The molecule has 3 rings (SSSR count). The van der Waals surface area contributed by atoms with Crippen LogP contribution in [0.1, 0.15) is 55.6 Å². The lowest BCUT2D eigenvalue weighted by atomic mass is 9.93. The van der Waals surface area contributed by atoms with Crippen LogP contribution in [-0.2, 0) is 11.0 Å². The predicted octanol–water partition coefficient (Wildman–Crippen LogP) is 4.73. The second kappa shape index (κ2) is 9.11. The van der Waals surface area contributed by atoms with Crippen LogP contribution >= 0.6 is 0 Å². The van der Waals surface area contributed by atoms with E-state index < -0.39 is 24.1 Å². The van der Waals surface area contributed by atoms with Crippen LogP contribution in [0.25, 0.3) is 0 Å². The molecule has 0 atom stereocenters. The van der Waals surface area contributed by atoms with E-state index in [2.05, 4.69) is 20.3 Å². The third-order valence-electron chi connectivity index (χ3n) is 5.03. The molecule has 2 aromatic heterocycles. The summed E-state index contributed by atoms with van der Waals surface area (Å²) < 4.78 is 64.2. The Labute approximate surface area is 175 Å². The van der Waals surface area contributed by atoms with Crippen LogP contribution in [0.15, 0.2) is 24.4 Å². The van der Waals surface area contributed by atoms with Gasteiger partial charge in [-0.05, 0) is 25.0 Å². The summed E-state index contributed by atoms with van der Waals surface area (Å²) in [7, 11) is 0. The molecule has 0 bridgehead atoms. The molecule has 168 valence electrons. The van der Waals surface area contributed by atoms with Crippen molar-refractivity contribution in [3.63, 3.8) is 0 Å². The third-order valence-corrected chi connectivity index (χ3v) is 5.03. The molecule has 0 aliphatic carbocycles. The number of hydrogen-bond acceptors (Lipinski definition) is 5. The molecule has 1 N–H and O–H groups in total. The average molecular weight is 443 g/mol. The Morgan fingerprint density at radius 2 is 1.81 bits per heavy atom. The van der Waals surface area contributed by atoms with E-state index in [9.17, 15) is 26.7 Å². The van der Waals surface area contributed by atoms with Crippen molar-refractivity contribution < 1.29 is 26.7 Å². The molecule has 0 unspecified atom stereocenters. The van der Waals surface area contributed by atoms with Crippen molar-refractivity contribution in [2.24, 2.45) is 0 Å². The van der Waals surface area contributed by atoms with E-state index in [1.807, 2.05) is 13.8 Å². The minimum absolute atomic E-state index is 0.00784. The molecule has 0 radical (unpaired) electrons. The minimum Gasteiger partial charge on any atom is -0.338 e. The van der Waals surface area contributed by atoms with Gasteiger partial charge in [-0.15, -0.1) is 0 Å². The second-order valence-corrected chi connectivity index (χ2v) is 7.64. The van der Waals surface area contributed by atoms with Crippen molar-refractivity contribution in [2.45, 2.75) is 51.1 Å². The van der Waals surface area contributed by atoms with Crippen LogP contribution in [0, 0.1) is 0 Å². The molecule has 1 saturated heterocycles. The Kier molecular flexibility index (Phi) is 6.71. The SMILES string of the molecule is CC(C)c1nc(Nc2cc(C(F)(F)F)ccn2)cc(C2CCN(C(=O)C(F)F)CC2)n1. The number of rotatable bonds is 5. The quantitative estimate of drug-likeness (QED) is 0.677. The van der Waals surface area contributed by atoms with Crippen LogP contribution < -0.4 is 5.32 Å². The number of halogens is 5. The Morgan fingerprint density at radius 1 is 1.13 bits per heavy atom. The van der Waals surface area contributed by atoms with Crippen LogP contribution in [0.2, 0.25) is 0 Å². The van der Waals surface area contributed by atoms with Crippen LogP contribution in [-0.4, -0.2) is 45.3 Å². The zero-order chi connectivity index (χ0) is 22.8. The number of nitrogens with one attached hydrogen (secondary N) is 1. The largest absolute Gasteiger partial charge is 0.416 e. The lowest BCUT2D eigenvalue weighted by Gasteiger charge is -2.31. The van der Waals surface area contributed by atoms with Crippen molar-refractivity contribution in [2.75, 3.05) is 18.4 Å². The van der Waals surface area contributed by atoms with Gasteiger partial charge in [0, 0.05) is 42.9 Å². The van der Waals surface area contributed by atoms with Crippen LogP contribution in [0.4, 0.5) is 33.6 Å². The number of hydrogen-bond donors (Lipinski definition) is 1. The summed E-state index contributed by atoms with van der Waals surface area (Å²) >= 11 is 0. The third kappa shape index (κ3) is 5.65. The van der Waals surface area contributed by atoms with E-state index in [-0.39, 0.29) is 30.7 Å². The van der Waals surface area contributed by atoms with E-state index in [0.717, 1.165) is 23.2 Å². The number of anilines is 2. The highest BCUT2D eigenvalue weighted by Gasteiger charge is 2.31. The van der Waals surface area contributed by atoms with Gasteiger partial charge < -0.3 is 10.2 Å². The molecule has 1 aliphatic rings. The van der Waals surface area contributed by atoms with Crippen LogP contribution in [0.5, 0.6) is 0 Å². The van der Waals surface area contributed by atoms with E-state index in [1.54, 1.807) is 6.07 Å². The topological polar surface area (TPSA) is 71.0 Å². The average Bonchev–Trinajstić information content (AvgIpc) is 2.72. The number of carbonyl (C=O) groups is 1. The van der Waals surface area contributed by atoms with Gasteiger partial charge in [-0.1, -0.05) is 13.8 Å². The highest BCUT2D eigenvalue weighted by atomic mass is 19.4. The Balaban J connectivity index is 1.82. The fourth-order valence-electron chi connectivity index (χ4n) is 3.36. The van der Waals surface area contributed by atoms with Gasteiger partial charge in [0.2, 0.25) is 0 Å². The number of nitrogens with zero attached hydrogens (tertiary/aromatic N) is 4. The number of carbonyl (C=O) groups excluding carboxylic acids is 1. The molecular weight excluding hydrogens is 421 g/mol. The molecular formula is C20H22F5N5O. The molecule has 1 amide bonds. The van der Waals surface area contributed by atoms with E-state index in [1.165, 1.54) is 0 Å². The molecule has 1 fully saturated rings. The van der Waals surface area contributed by atoms with Gasteiger partial charge in [-0.3, -0.25) is 4.79 Å². The van der Waals surface area contributed by atoms with Crippen molar-refractivity contribution in [3.05, 3.63) is 41.5 Å². The molecule has 3 heterocycles. The van der Waals surface area contributed by atoms with Gasteiger partial charge >= 0.3 is 12.6 Å². The first-order valence-electron chi connectivity index (χ1n) is 9.80. The monoisotopic (exact) mass is 443 g/mol. The maximum absolute atomic E-state index is 13.0. The number of alkyl halides is 5. The first kappa shape index (κ1) is 22.8. The normalized spacial score (nSPS) is 15.6. The molecule has 6 nitrogen and oxygen atoms in total. The number of piperidine rings is 1. The molecule has 31 heavy (non-hydrogen) atoms. The summed E-state index contributed by atoms with van der Waals surface area (Å²) in [5.41, 5.74) is -0.184. The molecule has 11 heteroatoms. The molecule has 1 aliphatic heterocycles. The predicted molar refractivity (Wildman–Crippen MR) is 103 cm³/mol. The Hall–Kier alpha value is -2.85. The first-order valence-corrected chi connectivity index (χ1v) is 9.80. The minimum atomic E-state index is -4.50. The van der Waals surface area contributed by atoms with E-state index in [4.69, 9.17) is 0 Å². The van der Waals surface area contributed by atoms with Crippen LogP contribution in [0.3, 0.4) is 0 Å². The summed E-state index contributed by atoms with van der Waals surface area (Å²) in [6.45, 7) is 4.14. The molecule has 0 aromatic carbocycles. The first-order chi connectivity index (χ1) is 14.5. The summed E-state index contributed by atoms with van der Waals surface area (Å²) in [6, 6.07) is 3.40. The summed E-state index contributed by atoms with van der Waals surface area (Å²) in [5.74, 6) is -0.522. The van der Waals surface area contributed by atoms with E-state index in [0.29, 0.717) is 30.2 Å². The summed E-state index contributed by atoms with van der Waals surface area (Å²) in [6.07, 6.45) is -5.56. The zero-order valence-electron chi connectivity index (χ0n) is 17.0. The Morgan fingerprint density at radius 3 is 2.39 bits per heavy atom. The van der Waals surface area contributed by atoms with Gasteiger partial charge in [-0.2, -0.15) is 22.0 Å². The lowest BCUT2D eigenvalue weighted by molar-refractivity contribution is -0.144. The maximum atomic E-state index is 13.0. The van der Waals surface area contributed by atoms with Crippen molar-refractivity contribution in [1.82, 2.24) is 19.9 Å². The van der Waals surface area contributed by atoms with Crippen molar-refractivity contribution in [3.8, 4) is 0 Å². The van der Waals surface area contributed by atoms with Gasteiger partial charge in [0.05, 0.1) is 5.56 Å². The second-order valence-electron chi connectivity index (χ2n) is 7.64. The van der Waals surface area contributed by atoms with Gasteiger partial charge in [-0.25, -0.2) is 15.0 Å². The van der Waals surface area contributed by atoms with Crippen molar-refractivity contribution in [1.29, 1.82) is 0 Å². The Bertz CT molecular complexity index is 926. The maximum Gasteiger partial charge on any atom is 0.416 e. The zero-order valence-corrected chi connectivity index (χ0v) is 17.0. The number of pyridine rings is 1. The summed E-state index contributed by atoms with van der Waals surface area (Å²) in [5, 5.41) is 2.81. The molecule has 0 saturated carbocycles. The number of likely N-dealkylation sites (tertiary alicyclic amines) is 1. The fraction of sp³-hybridized carbons (Fsp3) is 0.500. The standard InChI is InChI=1S/C20H22F5N5O/c1-11(2)18-27-14(12-4-7-30(8-5-12)19(31)17(21)22)10-16(29-18)28-15-9-13(3-6-26-15)20(23,24)25/h3,6,9-12,17H,4-5,7-8H2,1-2H3,(H,26,27,28,29). The van der Waals surface area contributed by atoms with Crippen molar-refractivity contribution >= 4 is 17.5 Å². The van der Waals surface area contributed by atoms with Gasteiger partial charge in [0.25, 0.3) is 5.91 Å². The highest BCUT2D eigenvalue weighted by Crippen LogP contribution is 2.32. The smallest absolute Gasteiger partial charge is 0.338 e. The lowest BCUT2D eigenvalue weighted by Crippen LogP contribution is -2.41. The van der Waals surface area contributed by atoms with E-state index >= 15 is 0 Å². The number of aromatic nitrogens is 3. The van der Waals surface area contributed by atoms with Gasteiger partial charge in [0.1, 0.15) is 17.5 Å². The molecule has 2 aromatic rings.